The van der Waals surface area contributed by atoms with E-state index >= 15 is 0 Å². The van der Waals surface area contributed by atoms with E-state index in [2.05, 4.69) is 10.3 Å². The van der Waals surface area contributed by atoms with E-state index < -0.39 is 38.6 Å². The highest BCUT2D eigenvalue weighted by Crippen LogP contribution is 2.36. The third-order valence-electron chi connectivity index (χ3n) is 4.62. The molecule has 0 spiro atoms. The zero-order chi connectivity index (χ0) is 23.8. The SMILES string of the molecule is Cc1ccc(S(=O)(=O)C(F)(F)F)cc1-c1cc(C(=O)O)cc2c1nnn2C/C(F)=C/CN. The van der Waals surface area contributed by atoms with Gasteiger partial charge >= 0.3 is 11.5 Å². The Hall–Kier alpha value is -3.32. The van der Waals surface area contributed by atoms with Gasteiger partial charge in [0.2, 0.25) is 0 Å². The molecule has 1 heterocycles. The maximum Gasteiger partial charge on any atom is 0.501 e. The first-order chi connectivity index (χ1) is 14.9. The van der Waals surface area contributed by atoms with Gasteiger partial charge in [-0.25, -0.2) is 22.3 Å². The Labute approximate surface area is 178 Å². The Morgan fingerprint density at radius 2 is 1.91 bits per heavy atom. The van der Waals surface area contributed by atoms with Crippen molar-refractivity contribution < 1.29 is 35.9 Å². The van der Waals surface area contributed by atoms with Crippen molar-refractivity contribution in [2.24, 2.45) is 5.73 Å². The Bertz CT molecular complexity index is 1350. The molecule has 32 heavy (non-hydrogen) atoms. The fourth-order valence-corrected chi connectivity index (χ4v) is 3.83. The molecule has 170 valence electrons. The van der Waals surface area contributed by atoms with Gasteiger partial charge in [-0.05, 0) is 48.4 Å². The Morgan fingerprint density at radius 3 is 2.50 bits per heavy atom. The fraction of sp³-hybridized carbons (Fsp3) is 0.211. The highest BCUT2D eigenvalue weighted by atomic mass is 32.2. The van der Waals surface area contributed by atoms with Crippen molar-refractivity contribution in [2.75, 3.05) is 6.54 Å². The molecule has 2 aromatic carbocycles. The summed E-state index contributed by atoms with van der Waals surface area (Å²) in [7, 11) is -5.65. The van der Waals surface area contributed by atoms with Crippen molar-refractivity contribution in [3.05, 3.63) is 53.4 Å². The number of benzene rings is 2. The zero-order valence-electron chi connectivity index (χ0n) is 16.4. The lowest BCUT2D eigenvalue weighted by Crippen LogP contribution is -2.23. The van der Waals surface area contributed by atoms with Crippen molar-refractivity contribution in [2.45, 2.75) is 23.9 Å². The van der Waals surface area contributed by atoms with Crippen molar-refractivity contribution in [3.8, 4) is 11.1 Å². The Balaban J connectivity index is 2.30. The van der Waals surface area contributed by atoms with Crippen molar-refractivity contribution >= 4 is 26.8 Å². The lowest BCUT2D eigenvalue weighted by Gasteiger charge is -2.13. The summed E-state index contributed by atoms with van der Waals surface area (Å²) in [6.07, 6.45) is 1.09. The minimum atomic E-state index is -5.65. The number of hydrogen-bond acceptors (Lipinski definition) is 6. The van der Waals surface area contributed by atoms with Crippen LogP contribution in [0.25, 0.3) is 22.2 Å². The molecule has 1 aromatic heterocycles. The number of allylic oxidation sites excluding steroid dienone is 1. The number of halogens is 4. The molecule has 0 amide bonds. The van der Waals surface area contributed by atoms with Gasteiger partial charge in [0.05, 0.1) is 22.5 Å². The molecule has 3 aromatic rings. The van der Waals surface area contributed by atoms with Crippen LogP contribution in [0.1, 0.15) is 15.9 Å². The van der Waals surface area contributed by atoms with Crippen LogP contribution in [0, 0.1) is 6.92 Å². The number of carbonyl (C=O) groups is 1. The average molecular weight is 472 g/mol. The molecule has 0 bridgehead atoms. The molecule has 0 fully saturated rings. The average Bonchev–Trinajstić information content (AvgIpc) is 3.09. The predicted octanol–water partition coefficient (Wildman–Crippen LogP) is 3.21. The van der Waals surface area contributed by atoms with E-state index in [4.69, 9.17) is 5.73 Å². The van der Waals surface area contributed by atoms with Crippen LogP contribution in [0.4, 0.5) is 17.6 Å². The van der Waals surface area contributed by atoms with E-state index in [-0.39, 0.29) is 34.3 Å². The zero-order valence-corrected chi connectivity index (χ0v) is 17.2. The second kappa shape index (κ2) is 8.31. The van der Waals surface area contributed by atoms with Crippen LogP contribution >= 0.6 is 0 Å². The number of rotatable bonds is 6. The monoisotopic (exact) mass is 472 g/mol. The van der Waals surface area contributed by atoms with Crippen LogP contribution in [0.5, 0.6) is 0 Å². The molecule has 0 aliphatic carbocycles. The molecule has 0 unspecified atom stereocenters. The van der Waals surface area contributed by atoms with Crippen LogP contribution in [-0.4, -0.2) is 46.5 Å². The van der Waals surface area contributed by atoms with Gasteiger partial charge in [0.15, 0.2) is 0 Å². The van der Waals surface area contributed by atoms with Gasteiger partial charge in [-0.1, -0.05) is 11.3 Å². The predicted molar refractivity (Wildman–Crippen MR) is 106 cm³/mol. The van der Waals surface area contributed by atoms with E-state index in [1.54, 1.807) is 0 Å². The van der Waals surface area contributed by atoms with E-state index in [1.165, 1.54) is 19.1 Å². The number of nitrogens with two attached hydrogens (primary N) is 1. The summed E-state index contributed by atoms with van der Waals surface area (Å²) in [6.45, 7) is 1.02. The normalized spacial score (nSPS) is 13.0. The molecule has 3 N–H and O–H groups in total. The molecule has 8 nitrogen and oxygen atoms in total. The first-order valence-electron chi connectivity index (χ1n) is 8.94. The number of aromatic nitrogens is 3. The molecular weight excluding hydrogens is 456 g/mol. The van der Waals surface area contributed by atoms with Gasteiger partial charge in [0.25, 0.3) is 9.84 Å². The van der Waals surface area contributed by atoms with Gasteiger partial charge in [-0.15, -0.1) is 5.10 Å². The summed E-state index contributed by atoms with van der Waals surface area (Å²) in [4.78, 5) is 10.6. The van der Waals surface area contributed by atoms with Crippen LogP contribution in [0.15, 0.2) is 47.1 Å². The standard InChI is InChI=1S/C19H16F4N4O4S/c1-10-2-3-13(32(30,31)19(21,22)23)8-14(10)15-6-11(18(28)29)7-16-17(15)25-26-27(16)9-12(20)4-5-24/h2-4,6-8H,5,9,24H2,1H3,(H,28,29)/b12-4-. The topological polar surface area (TPSA) is 128 Å². The molecular formula is C19H16F4N4O4S. The van der Waals surface area contributed by atoms with Gasteiger partial charge in [-0.2, -0.15) is 13.2 Å². The number of carboxylic acid groups (broad SMARTS) is 1. The maximum atomic E-state index is 13.9. The second-order valence-corrected chi connectivity index (χ2v) is 8.70. The number of nitrogens with zero attached hydrogens (tertiary/aromatic N) is 3. The van der Waals surface area contributed by atoms with E-state index in [0.29, 0.717) is 5.56 Å². The molecule has 0 aliphatic rings. The van der Waals surface area contributed by atoms with Gasteiger partial charge in [0, 0.05) is 12.1 Å². The summed E-state index contributed by atoms with van der Waals surface area (Å²) >= 11 is 0. The fourth-order valence-electron chi connectivity index (χ4n) is 3.04. The number of alkyl halides is 3. The quantitative estimate of drug-likeness (QED) is 0.527. The van der Waals surface area contributed by atoms with Crippen LogP contribution < -0.4 is 5.73 Å². The molecule has 3 rings (SSSR count). The minimum absolute atomic E-state index is 0.00782. The molecule has 0 saturated carbocycles. The molecule has 0 atom stereocenters. The van der Waals surface area contributed by atoms with Crippen molar-refractivity contribution in [3.63, 3.8) is 0 Å². The molecule has 0 saturated heterocycles. The van der Waals surface area contributed by atoms with Crippen LogP contribution in [0.2, 0.25) is 0 Å². The first-order valence-corrected chi connectivity index (χ1v) is 10.4. The summed E-state index contributed by atoms with van der Waals surface area (Å²) in [5, 5.41) is 17.2. The summed E-state index contributed by atoms with van der Waals surface area (Å²) < 4.78 is 77.8. The van der Waals surface area contributed by atoms with Crippen molar-refractivity contribution in [1.29, 1.82) is 0 Å². The summed E-state index contributed by atoms with van der Waals surface area (Å²) in [5.41, 5.74) is 0.0115. The summed E-state index contributed by atoms with van der Waals surface area (Å²) in [6, 6.07) is 5.10. The Kier molecular flexibility index (Phi) is 6.07. The Morgan fingerprint density at radius 1 is 1.22 bits per heavy atom. The van der Waals surface area contributed by atoms with Gasteiger partial charge in [-0.3, -0.25) is 0 Å². The number of sulfone groups is 1. The molecule has 0 aliphatic heterocycles. The first kappa shape index (κ1) is 23.3. The van der Waals surface area contributed by atoms with E-state index in [9.17, 15) is 35.9 Å². The largest absolute Gasteiger partial charge is 0.501 e. The van der Waals surface area contributed by atoms with Crippen LogP contribution in [-0.2, 0) is 16.4 Å². The number of aryl methyl sites for hydroxylation is 1. The minimum Gasteiger partial charge on any atom is -0.478 e. The lowest BCUT2D eigenvalue weighted by molar-refractivity contribution is -0.0436. The molecule has 13 heteroatoms. The molecule has 0 radical (unpaired) electrons. The third kappa shape index (κ3) is 4.21. The van der Waals surface area contributed by atoms with E-state index in [0.717, 1.165) is 29.0 Å². The second-order valence-electron chi connectivity index (χ2n) is 6.76. The lowest BCUT2D eigenvalue weighted by atomic mass is 9.97. The van der Waals surface area contributed by atoms with E-state index in [1.807, 2.05) is 0 Å². The highest BCUT2D eigenvalue weighted by Gasteiger charge is 2.47. The number of hydrogen-bond donors (Lipinski definition) is 2. The number of aromatic carboxylic acids is 1. The third-order valence-corrected chi connectivity index (χ3v) is 6.11. The highest BCUT2D eigenvalue weighted by molar-refractivity contribution is 7.92. The van der Waals surface area contributed by atoms with Gasteiger partial charge in [0.1, 0.15) is 11.3 Å². The smallest absolute Gasteiger partial charge is 0.478 e. The van der Waals surface area contributed by atoms with Crippen LogP contribution in [0.3, 0.4) is 0 Å². The maximum absolute atomic E-state index is 13.9. The van der Waals surface area contributed by atoms with Gasteiger partial charge < -0.3 is 10.8 Å². The summed E-state index contributed by atoms with van der Waals surface area (Å²) in [5.74, 6) is -2.02. The van der Waals surface area contributed by atoms with Crippen molar-refractivity contribution in [1.82, 2.24) is 15.0 Å². The number of carboxylic acids is 1. The number of fused-ring (bicyclic) bond motifs is 1.